The van der Waals surface area contributed by atoms with Crippen LogP contribution in [0.2, 0.25) is 5.02 Å². The number of hydrogen-bond acceptors (Lipinski definition) is 3. The average Bonchev–Trinajstić information content (AvgIpc) is 2.31. The molecule has 0 amide bonds. The number of nitrogens with one attached hydrogen (secondary N) is 1. The molecule has 0 bridgehead atoms. The van der Waals surface area contributed by atoms with Crippen molar-refractivity contribution in [2.45, 2.75) is 44.6 Å². The first kappa shape index (κ1) is 16.3. The van der Waals surface area contributed by atoms with Gasteiger partial charge in [0, 0.05) is 6.54 Å². The Morgan fingerprint density at radius 3 is 2.58 bits per heavy atom. The van der Waals surface area contributed by atoms with E-state index in [4.69, 9.17) is 16.3 Å². The molecule has 0 aromatic heterocycles. The second-order valence-electron chi connectivity index (χ2n) is 4.51. The minimum absolute atomic E-state index is 0.0114. The molecule has 0 spiro atoms. The second kappa shape index (κ2) is 7.12. The van der Waals surface area contributed by atoms with E-state index in [1.165, 1.54) is 12.1 Å². The second-order valence-corrected chi connectivity index (χ2v) is 6.68. The molecule has 1 N–H and O–H groups in total. The molecule has 0 fully saturated rings. The van der Waals surface area contributed by atoms with Crippen molar-refractivity contribution in [2.24, 2.45) is 0 Å². The average molecular weight is 306 g/mol. The van der Waals surface area contributed by atoms with E-state index >= 15 is 0 Å². The van der Waals surface area contributed by atoms with Gasteiger partial charge in [0.2, 0.25) is 10.0 Å². The highest BCUT2D eigenvalue weighted by Gasteiger charge is 2.15. The summed E-state index contributed by atoms with van der Waals surface area (Å²) in [5, 5.41) is 0.298. The van der Waals surface area contributed by atoms with E-state index in [9.17, 15) is 8.42 Å². The summed E-state index contributed by atoms with van der Waals surface area (Å²) in [7, 11) is -3.49. The Balaban J connectivity index is 2.87. The lowest BCUT2D eigenvalue weighted by molar-refractivity contribution is 0.242. The lowest BCUT2D eigenvalue weighted by atomic mass is 10.3. The van der Waals surface area contributed by atoms with Crippen LogP contribution in [0.15, 0.2) is 23.1 Å². The number of rotatable bonds is 7. The van der Waals surface area contributed by atoms with E-state index < -0.39 is 10.0 Å². The van der Waals surface area contributed by atoms with Gasteiger partial charge in [-0.3, -0.25) is 0 Å². The van der Waals surface area contributed by atoms with E-state index in [2.05, 4.69) is 4.72 Å². The zero-order valence-corrected chi connectivity index (χ0v) is 13.0. The van der Waals surface area contributed by atoms with Gasteiger partial charge in [-0.2, -0.15) is 0 Å². The van der Waals surface area contributed by atoms with Crippen LogP contribution in [-0.4, -0.2) is 21.1 Å². The summed E-state index contributed by atoms with van der Waals surface area (Å²) in [5.74, 6) is 0.490. The third-order valence-corrected chi connectivity index (χ3v) is 4.15. The Morgan fingerprint density at radius 1 is 1.37 bits per heavy atom. The van der Waals surface area contributed by atoms with Crippen LogP contribution in [-0.2, 0) is 10.0 Å². The number of hydrogen-bond donors (Lipinski definition) is 1. The molecule has 1 rings (SSSR count). The summed E-state index contributed by atoms with van der Waals surface area (Å²) in [6.45, 7) is 6.20. The van der Waals surface area contributed by atoms with Crippen LogP contribution in [0.5, 0.6) is 5.75 Å². The molecule has 1 aromatic rings. The van der Waals surface area contributed by atoms with E-state index in [1.807, 2.05) is 20.8 Å². The van der Waals surface area contributed by atoms with Gasteiger partial charge in [0.1, 0.15) is 5.75 Å². The fraction of sp³-hybridized carbons (Fsp3) is 0.538. The van der Waals surface area contributed by atoms with Crippen molar-refractivity contribution in [3.63, 3.8) is 0 Å². The van der Waals surface area contributed by atoms with Gasteiger partial charge in [-0.05, 0) is 38.5 Å². The van der Waals surface area contributed by atoms with Crippen LogP contribution in [0.1, 0.15) is 33.6 Å². The van der Waals surface area contributed by atoms with Crippen molar-refractivity contribution >= 4 is 21.6 Å². The van der Waals surface area contributed by atoms with E-state index in [0.29, 0.717) is 17.3 Å². The first-order chi connectivity index (χ1) is 8.86. The van der Waals surface area contributed by atoms with E-state index in [1.54, 1.807) is 6.07 Å². The lowest BCUT2D eigenvalue weighted by Crippen LogP contribution is -2.24. The van der Waals surface area contributed by atoms with Gasteiger partial charge >= 0.3 is 0 Å². The number of ether oxygens (including phenoxy) is 1. The van der Waals surface area contributed by atoms with E-state index in [-0.39, 0.29) is 11.0 Å². The minimum Gasteiger partial charge on any atom is -0.489 e. The molecule has 0 saturated heterocycles. The van der Waals surface area contributed by atoms with Crippen molar-refractivity contribution in [1.82, 2.24) is 4.72 Å². The number of unbranched alkanes of at least 4 members (excludes halogenated alkanes) is 1. The highest BCUT2D eigenvalue weighted by molar-refractivity contribution is 7.89. The third-order valence-electron chi connectivity index (χ3n) is 2.40. The van der Waals surface area contributed by atoms with Gasteiger partial charge in [-0.1, -0.05) is 24.9 Å². The molecule has 0 saturated carbocycles. The van der Waals surface area contributed by atoms with Crippen molar-refractivity contribution in [2.75, 3.05) is 6.54 Å². The predicted octanol–water partition coefficient (Wildman–Crippen LogP) is 3.21. The smallest absolute Gasteiger partial charge is 0.240 e. The topological polar surface area (TPSA) is 55.4 Å². The highest BCUT2D eigenvalue weighted by atomic mass is 35.5. The van der Waals surface area contributed by atoms with Crippen LogP contribution < -0.4 is 9.46 Å². The Kier molecular flexibility index (Phi) is 6.10. The van der Waals surface area contributed by atoms with E-state index in [0.717, 1.165) is 12.8 Å². The molecule has 0 aliphatic heterocycles. The summed E-state index contributed by atoms with van der Waals surface area (Å²) in [6, 6.07) is 4.49. The standard InChI is InChI=1S/C13H20ClNO3S/c1-4-5-8-15-19(16,17)11-6-7-13(12(14)9-11)18-10(2)3/h6-7,9-10,15H,4-5,8H2,1-3H3. The molecule has 1 aromatic carbocycles. The molecule has 4 nitrogen and oxygen atoms in total. The van der Waals surface area contributed by atoms with Crippen molar-refractivity contribution in [3.05, 3.63) is 23.2 Å². The van der Waals surface area contributed by atoms with Crippen LogP contribution in [0.25, 0.3) is 0 Å². The quantitative estimate of drug-likeness (QED) is 0.787. The van der Waals surface area contributed by atoms with Crippen molar-refractivity contribution in [3.8, 4) is 5.75 Å². The lowest BCUT2D eigenvalue weighted by Gasteiger charge is -2.12. The highest BCUT2D eigenvalue weighted by Crippen LogP contribution is 2.28. The number of benzene rings is 1. The zero-order chi connectivity index (χ0) is 14.5. The van der Waals surface area contributed by atoms with Gasteiger partial charge in [0.25, 0.3) is 0 Å². The van der Waals surface area contributed by atoms with Crippen molar-refractivity contribution < 1.29 is 13.2 Å². The maximum Gasteiger partial charge on any atom is 0.240 e. The number of halogens is 1. The summed E-state index contributed by atoms with van der Waals surface area (Å²) in [5.41, 5.74) is 0. The molecule has 6 heteroatoms. The largest absolute Gasteiger partial charge is 0.489 e. The maximum absolute atomic E-state index is 12.0. The molecular formula is C13H20ClNO3S. The fourth-order valence-electron chi connectivity index (χ4n) is 1.46. The summed E-state index contributed by atoms with van der Waals surface area (Å²) in [6.07, 6.45) is 1.73. The molecule has 19 heavy (non-hydrogen) atoms. The first-order valence-corrected chi connectivity index (χ1v) is 8.18. The Morgan fingerprint density at radius 2 is 2.05 bits per heavy atom. The van der Waals surface area contributed by atoms with Gasteiger partial charge in [0.05, 0.1) is 16.0 Å². The molecule has 0 aliphatic rings. The van der Waals surface area contributed by atoms with Gasteiger partial charge in [-0.15, -0.1) is 0 Å². The molecule has 0 aliphatic carbocycles. The monoisotopic (exact) mass is 305 g/mol. The van der Waals surface area contributed by atoms with Crippen LogP contribution in [0, 0.1) is 0 Å². The molecule has 0 unspecified atom stereocenters. The van der Waals surface area contributed by atoms with Gasteiger partial charge in [-0.25, -0.2) is 13.1 Å². The molecule has 0 radical (unpaired) electrons. The van der Waals surface area contributed by atoms with Gasteiger partial charge in [0.15, 0.2) is 0 Å². The summed E-state index contributed by atoms with van der Waals surface area (Å²) < 4.78 is 32.0. The Bertz CT molecular complexity index is 515. The Hall–Kier alpha value is -0.780. The third kappa shape index (κ3) is 5.01. The summed E-state index contributed by atoms with van der Waals surface area (Å²) >= 11 is 6.02. The van der Waals surface area contributed by atoms with Gasteiger partial charge < -0.3 is 4.74 Å². The van der Waals surface area contributed by atoms with Crippen LogP contribution in [0.3, 0.4) is 0 Å². The SMILES string of the molecule is CCCCNS(=O)(=O)c1ccc(OC(C)C)c(Cl)c1. The Labute approximate surface area is 120 Å². The number of sulfonamides is 1. The zero-order valence-electron chi connectivity index (χ0n) is 11.4. The summed E-state index contributed by atoms with van der Waals surface area (Å²) in [4.78, 5) is 0.157. The first-order valence-electron chi connectivity index (χ1n) is 6.32. The molecule has 0 heterocycles. The molecule has 0 atom stereocenters. The maximum atomic E-state index is 12.0. The minimum atomic E-state index is -3.49. The van der Waals surface area contributed by atoms with Crippen molar-refractivity contribution in [1.29, 1.82) is 0 Å². The predicted molar refractivity (Wildman–Crippen MR) is 77.3 cm³/mol. The fourth-order valence-corrected chi connectivity index (χ4v) is 2.85. The van der Waals surface area contributed by atoms with Crippen LogP contribution >= 0.6 is 11.6 Å². The molecule has 108 valence electrons. The normalized spacial score (nSPS) is 11.8. The van der Waals surface area contributed by atoms with Crippen LogP contribution in [0.4, 0.5) is 0 Å². The molecular weight excluding hydrogens is 286 g/mol.